The van der Waals surface area contributed by atoms with Gasteiger partial charge in [-0.25, -0.2) is 9.59 Å². The molecule has 2 aliphatic carbocycles. The summed E-state index contributed by atoms with van der Waals surface area (Å²) >= 11 is 0. The van der Waals surface area contributed by atoms with Crippen molar-refractivity contribution in [2.24, 2.45) is 28.6 Å². The molecule has 2 saturated carbocycles. The third kappa shape index (κ3) is 5.05. The maximum Gasteiger partial charge on any atom is 0.345 e. The lowest BCUT2D eigenvalue weighted by atomic mass is 9.41. The van der Waals surface area contributed by atoms with Crippen LogP contribution in [0.15, 0.2) is 64.1 Å². The van der Waals surface area contributed by atoms with Crippen LogP contribution in [0.1, 0.15) is 81.5 Å². The summed E-state index contributed by atoms with van der Waals surface area (Å²) in [5.41, 5.74) is -0.991. The summed E-state index contributed by atoms with van der Waals surface area (Å²) in [5, 5.41) is 12.2. The monoisotopic (exact) mass is 615 g/mol. The van der Waals surface area contributed by atoms with Crippen LogP contribution < -0.4 is 10.4 Å². The fraction of sp³-hybridized carbons (Fsp3) is 0.500. The summed E-state index contributed by atoms with van der Waals surface area (Å²) in [6, 6.07) is 12.3. The van der Waals surface area contributed by atoms with Crippen molar-refractivity contribution in [2.75, 3.05) is 6.61 Å². The fourth-order valence-corrected chi connectivity index (χ4v) is 8.67. The van der Waals surface area contributed by atoms with Gasteiger partial charge in [-0.3, -0.25) is 9.78 Å². The molecule has 0 spiro atoms. The van der Waals surface area contributed by atoms with Crippen molar-refractivity contribution in [1.29, 1.82) is 0 Å². The molecule has 2 aromatic heterocycles. The summed E-state index contributed by atoms with van der Waals surface area (Å²) in [6.45, 7) is 11.8. The van der Waals surface area contributed by atoms with Crippen LogP contribution in [0.2, 0.25) is 0 Å². The largest absolute Gasteiger partial charge is 0.482 e. The number of rotatable bonds is 5. The molecule has 0 radical (unpaired) electrons. The Bertz CT molecular complexity index is 1690. The topological polar surface area (TPSA) is 125 Å². The molecule has 2 fully saturated rings. The second-order valence-electron chi connectivity index (χ2n) is 13.9. The molecule has 1 N–H and O–H groups in total. The fourth-order valence-electron chi connectivity index (χ4n) is 8.67. The Morgan fingerprint density at radius 3 is 2.60 bits per heavy atom. The molecule has 3 aromatic rings. The molecule has 8 atom stereocenters. The third-order valence-corrected chi connectivity index (χ3v) is 11.2. The van der Waals surface area contributed by atoms with E-state index in [1.165, 1.54) is 6.92 Å². The molecule has 238 valence electrons. The molecule has 45 heavy (non-hydrogen) atoms. The van der Waals surface area contributed by atoms with Gasteiger partial charge in [0.1, 0.15) is 28.8 Å². The third-order valence-electron chi connectivity index (χ3n) is 11.2. The maximum atomic E-state index is 13.7. The second-order valence-corrected chi connectivity index (χ2v) is 13.9. The average molecular weight is 616 g/mol. The van der Waals surface area contributed by atoms with Crippen LogP contribution in [-0.2, 0) is 14.3 Å². The summed E-state index contributed by atoms with van der Waals surface area (Å²) < 4.78 is 24.6. The zero-order chi connectivity index (χ0) is 32.3. The van der Waals surface area contributed by atoms with Crippen LogP contribution in [0.4, 0.5) is 0 Å². The molecule has 0 amide bonds. The van der Waals surface area contributed by atoms with E-state index in [-0.39, 0.29) is 41.5 Å². The Morgan fingerprint density at radius 1 is 1.13 bits per heavy atom. The molecule has 0 saturated heterocycles. The van der Waals surface area contributed by atoms with Crippen LogP contribution in [0.25, 0.3) is 11.3 Å². The number of nitrogens with zero attached hydrogens (tertiary/aromatic N) is 1. The molecule has 6 rings (SSSR count). The molecular weight excluding hydrogens is 574 g/mol. The van der Waals surface area contributed by atoms with E-state index in [1.807, 2.05) is 26.0 Å². The highest BCUT2D eigenvalue weighted by Gasteiger charge is 2.70. The number of carbonyl (C=O) groups is 2. The number of aliphatic hydroxyl groups is 1. The lowest BCUT2D eigenvalue weighted by Gasteiger charge is -2.66. The van der Waals surface area contributed by atoms with Gasteiger partial charge in [0.25, 0.3) is 0 Å². The zero-order valence-electron chi connectivity index (χ0n) is 26.7. The average Bonchev–Trinajstić information content (AvgIpc) is 2.99. The van der Waals surface area contributed by atoms with E-state index in [1.54, 1.807) is 42.7 Å². The number of pyridine rings is 1. The van der Waals surface area contributed by atoms with Crippen LogP contribution in [0.3, 0.4) is 0 Å². The number of hydrogen-bond acceptors (Lipinski definition) is 9. The second kappa shape index (κ2) is 11.1. The standard InChI is InChI=1S/C36H41NO8/c1-20-9-7-10-23(15-20)32(40)44-28-17-27-34(4,13-12-21(2)35(27,5)19-42-22(3)38)31-30(39)29-26(45-36(28,31)6)16-25(43-33(29)41)24-11-8-14-37-18-24/h7-11,14-16,18,21,27-28,30-31,39H,12-13,17,19H2,1-6H3/t21-,27?,28-,30-,31?,34-,35?,36+/m0/s1. The number of hydrogen-bond donors (Lipinski definition) is 1. The number of aromatic nitrogens is 1. The molecule has 3 heterocycles. The number of fused-ring (bicyclic) bond motifs is 4. The summed E-state index contributed by atoms with van der Waals surface area (Å²) in [6.07, 6.45) is 3.12. The van der Waals surface area contributed by atoms with E-state index in [0.29, 0.717) is 17.5 Å². The quantitative estimate of drug-likeness (QED) is 0.341. The lowest BCUT2D eigenvalue weighted by molar-refractivity contribution is -0.257. The first kappa shape index (κ1) is 31.0. The minimum atomic E-state index is -1.27. The predicted octanol–water partition coefficient (Wildman–Crippen LogP) is 6.06. The Hall–Kier alpha value is -3.98. The van der Waals surface area contributed by atoms with E-state index in [4.69, 9.17) is 18.6 Å². The van der Waals surface area contributed by atoms with Crippen molar-refractivity contribution >= 4 is 11.9 Å². The lowest BCUT2D eigenvalue weighted by Crippen LogP contribution is -2.70. The van der Waals surface area contributed by atoms with Crippen LogP contribution >= 0.6 is 0 Å². The van der Waals surface area contributed by atoms with Crippen molar-refractivity contribution in [1.82, 2.24) is 4.98 Å². The normalized spacial score (nSPS) is 33.5. The Labute approximate surface area is 262 Å². The van der Waals surface area contributed by atoms with Gasteiger partial charge in [0, 0.05) is 42.3 Å². The van der Waals surface area contributed by atoms with Gasteiger partial charge in [0.05, 0.1) is 18.3 Å². The van der Waals surface area contributed by atoms with E-state index in [0.717, 1.165) is 18.4 Å². The number of esters is 2. The van der Waals surface area contributed by atoms with E-state index in [2.05, 4.69) is 25.8 Å². The Balaban J connectivity index is 1.50. The van der Waals surface area contributed by atoms with Gasteiger partial charge in [-0.05, 0) is 74.6 Å². The number of benzene rings is 1. The van der Waals surface area contributed by atoms with Crippen LogP contribution in [0.5, 0.6) is 5.75 Å². The van der Waals surface area contributed by atoms with E-state index >= 15 is 0 Å². The highest BCUT2D eigenvalue weighted by atomic mass is 16.6. The predicted molar refractivity (Wildman–Crippen MR) is 165 cm³/mol. The number of aliphatic hydroxyl groups excluding tert-OH is 1. The van der Waals surface area contributed by atoms with Gasteiger partial charge in [0.2, 0.25) is 0 Å². The first-order valence-corrected chi connectivity index (χ1v) is 15.6. The molecule has 1 aromatic carbocycles. The van der Waals surface area contributed by atoms with E-state index < -0.39 is 46.2 Å². The number of ether oxygens (including phenoxy) is 3. The molecule has 1 aliphatic heterocycles. The Morgan fingerprint density at radius 2 is 1.91 bits per heavy atom. The molecule has 9 nitrogen and oxygen atoms in total. The molecule has 9 heteroatoms. The van der Waals surface area contributed by atoms with Gasteiger partial charge >= 0.3 is 17.6 Å². The minimum Gasteiger partial charge on any atom is -0.482 e. The maximum absolute atomic E-state index is 13.7. The van der Waals surface area contributed by atoms with Gasteiger partial charge in [-0.2, -0.15) is 0 Å². The van der Waals surface area contributed by atoms with Gasteiger partial charge in [-0.15, -0.1) is 0 Å². The smallest absolute Gasteiger partial charge is 0.345 e. The number of aryl methyl sites for hydroxylation is 1. The van der Waals surface area contributed by atoms with E-state index in [9.17, 15) is 19.5 Å². The summed E-state index contributed by atoms with van der Waals surface area (Å²) in [4.78, 5) is 43.4. The zero-order valence-corrected chi connectivity index (χ0v) is 26.7. The molecular formula is C36H41NO8. The van der Waals surface area contributed by atoms with Crippen LogP contribution in [-0.4, -0.2) is 40.3 Å². The summed E-state index contributed by atoms with van der Waals surface area (Å²) in [5.74, 6) is -1.03. The molecule has 0 bridgehead atoms. The van der Waals surface area contributed by atoms with Crippen molar-refractivity contribution in [3.05, 3.63) is 82.0 Å². The SMILES string of the molecule is CC(=O)OCC1(C)C2C[C@H](OC(=O)c3cccc(C)c3)[C@@]3(C)Oc4cc(-c5cccnc5)oc(=O)c4[C@H](O)C3[C@@]2(C)CC[C@@H]1C. The first-order valence-electron chi connectivity index (χ1n) is 15.6. The highest BCUT2D eigenvalue weighted by Crippen LogP contribution is 2.68. The molecule has 3 unspecified atom stereocenters. The van der Waals surface area contributed by atoms with Crippen molar-refractivity contribution in [2.45, 2.75) is 78.6 Å². The van der Waals surface area contributed by atoms with Gasteiger partial charge in [-0.1, -0.05) is 38.5 Å². The summed E-state index contributed by atoms with van der Waals surface area (Å²) in [7, 11) is 0. The molecule has 3 aliphatic rings. The van der Waals surface area contributed by atoms with Crippen LogP contribution in [0, 0.1) is 35.5 Å². The number of carbonyl (C=O) groups excluding carboxylic acids is 2. The minimum absolute atomic E-state index is 0.0519. The van der Waals surface area contributed by atoms with Crippen molar-refractivity contribution in [3.63, 3.8) is 0 Å². The van der Waals surface area contributed by atoms with Gasteiger partial charge in [0.15, 0.2) is 0 Å². The van der Waals surface area contributed by atoms with Crippen molar-refractivity contribution < 1.29 is 33.3 Å². The van der Waals surface area contributed by atoms with Crippen molar-refractivity contribution in [3.8, 4) is 17.1 Å². The highest BCUT2D eigenvalue weighted by molar-refractivity contribution is 5.89. The first-order chi connectivity index (χ1) is 21.3. The van der Waals surface area contributed by atoms with Gasteiger partial charge < -0.3 is 23.7 Å². The Kier molecular flexibility index (Phi) is 7.67.